The molecular formula is C26H26ClNO3. The van der Waals surface area contributed by atoms with Crippen LogP contribution < -0.4 is 4.90 Å². The molecule has 160 valence electrons. The number of carboxylic acid groups (broad SMARTS) is 1. The number of halogens is 1. The van der Waals surface area contributed by atoms with Gasteiger partial charge >= 0.3 is 5.97 Å². The first-order valence-corrected chi connectivity index (χ1v) is 10.0. The van der Waals surface area contributed by atoms with Crippen LogP contribution in [0.1, 0.15) is 19.4 Å². The largest absolute Gasteiger partial charge is 0.504 e. The van der Waals surface area contributed by atoms with E-state index in [-0.39, 0.29) is 5.54 Å². The molecule has 0 fully saturated rings. The summed E-state index contributed by atoms with van der Waals surface area (Å²) < 4.78 is 4.29. The van der Waals surface area contributed by atoms with Crippen molar-refractivity contribution in [3.8, 4) is 11.8 Å². The van der Waals surface area contributed by atoms with Gasteiger partial charge in [0.2, 0.25) is 0 Å². The number of anilines is 1. The predicted octanol–water partition coefficient (Wildman–Crippen LogP) is 5.99. The molecule has 0 aliphatic carbocycles. The van der Waals surface area contributed by atoms with E-state index in [0.29, 0.717) is 0 Å². The molecule has 4 nitrogen and oxygen atoms in total. The highest BCUT2D eigenvalue weighted by Crippen LogP contribution is 2.24. The molecule has 3 rings (SSSR count). The summed E-state index contributed by atoms with van der Waals surface area (Å²) in [5.74, 6) is 5.72. The van der Waals surface area contributed by atoms with Crippen LogP contribution in [0.2, 0.25) is 5.02 Å². The Bertz CT molecular complexity index is 1110. The van der Waals surface area contributed by atoms with E-state index < -0.39 is 5.97 Å². The Morgan fingerprint density at radius 3 is 2.29 bits per heavy atom. The summed E-state index contributed by atoms with van der Waals surface area (Å²) in [6, 6.07) is 22.5. The van der Waals surface area contributed by atoms with Crippen molar-refractivity contribution in [3.63, 3.8) is 0 Å². The van der Waals surface area contributed by atoms with E-state index in [1.54, 1.807) is 0 Å². The molecular weight excluding hydrogens is 410 g/mol. The summed E-state index contributed by atoms with van der Waals surface area (Å²) in [4.78, 5) is 11.8. The number of fused-ring (bicyclic) bond motifs is 1. The maximum absolute atomic E-state index is 9.59. The number of carbonyl (C=O) groups is 1. The highest BCUT2D eigenvalue weighted by molar-refractivity contribution is 6.30. The molecule has 0 radical (unpaired) electrons. The van der Waals surface area contributed by atoms with Crippen LogP contribution in [0.15, 0.2) is 79.1 Å². The lowest BCUT2D eigenvalue weighted by Gasteiger charge is -2.33. The number of hydrogen-bond donors (Lipinski definition) is 1. The molecule has 0 saturated heterocycles. The van der Waals surface area contributed by atoms with Crippen LogP contribution in [0.5, 0.6) is 0 Å². The third kappa shape index (κ3) is 7.40. The Morgan fingerprint density at radius 1 is 1.06 bits per heavy atom. The van der Waals surface area contributed by atoms with Gasteiger partial charge in [0.1, 0.15) is 0 Å². The fourth-order valence-electron chi connectivity index (χ4n) is 2.69. The monoisotopic (exact) mass is 435 g/mol. The molecule has 0 aliphatic heterocycles. The SMILES string of the molecule is CN(c1ccc(Cl)cc1)C(C)(C)C#Cc1ccc2ccccc2c1.COC=CC(=O)O. The zero-order valence-electron chi connectivity index (χ0n) is 18.1. The fraction of sp³-hybridized carbons (Fsp3) is 0.192. The molecule has 0 aromatic heterocycles. The summed E-state index contributed by atoms with van der Waals surface area (Å²) in [7, 11) is 3.44. The molecule has 3 aromatic rings. The number of hydrogen-bond acceptors (Lipinski definition) is 3. The zero-order chi connectivity index (χ0) is 22.9. The van der Waals surface area contributed by atoms with Crippen LogP contribution in [-0.4, -0.2) is 30.8 Å². The fourth-order valence-corrected chi connectivity index (χ4v) is 2.82. The van der Waals surface area contributed by atoms with Gasteiger partial charge in [0.25, 0.3) is 0 Å². The van der Waals surface area contributed by atoms with Crippen molar-refractivity contribution in [2.75, 3.05) is 19.1 Å². The molecule has 31 heavy (non-hydrogen) atoms. The first-order valence-electron chi connectivity index (χ1n) is 9.66. The van der Waals surface area contributed by atoms with Crippen molar-refractivity contribution in [3.05, 3.63) is 89.7 Å². The van der Waals surface area contributed by atoms with Crippen molar-refractivity contribution >= 4 is 34.0 Å². The van der Waals surface area contributed by atoms with Crippen LogP contribution >= 0.6 is 11.6 Å². The van der Waals surface area contributed by atoms with Crippen LogP contribution in [0.4, 0.5) is 5.69 Å². The van der Waals surface area contributed by atoms with E-state index in [9.17, 15) is 4.79 Å². The Morgan fingerprint density at radius 2 is 1.71 bits per heavy atom. The summed E-state index contributed by atoms with van der Waals surface area (Å²) in [5, 5.41) is 11.1. The maximum atomic E-state index is 9.59. The van der Waals surface area contributed by atoms with Crippen molar-refractivity contribution in [1.29, 1.82) is 0 Å². The lowest BCUT2D eigenvalue weighted by atomic mass is 10.0. The van der Waals surface area contributed by atoms with Gasteiger partial charge in [-0.1, -0.05) is 53.8 Å². The van der Waals surface area contributed by atoms with Crippen LogP contribution in [-0.2, 0) is 9.53 Å². The first-order chi connectivity index (χ1) is 14.7. The molecule has 0 spiro atoms. The normalized spacial score (nSPS) is 10.6. The third-order valence-corrected chi connectivity index (χ3v) is 4.91. The molecule has 0 saturated carbocycles. The Hall–Kier alpha value is -3.42. The van der Waals surface area contributed by atoms with Crippen molar-refractivity contribution < 1.29 is 14.6 Å². The summed E-state index contributed by atoms with van der Waals surface area (Å²) in [6.07, 6.45) is 2.02. The second-order valence-corrected chi connectivity index (χ2v) is 7.72. The maximum Gasteiger partial charge on any atom is 0.331 e. The number of carboxylic acids is 1. The van der Waals surface area contributed by atoms with Gasteiger partial charge < -0.3 is 14.7 Å². The van der Waals surface area contributed by atoms with Crippen LogP contribution in [0.25, 0.3) is 10.8 Å². The third-order valence-electron chi connectivity index (χ3n) is 4.66. The average Bonchev–Trinajstić information content (AvgIpc) is 2.76. The van der Waals surface area contributed by atoms with Gasteiger partial charge in [-0.15, -0.1) is 0 Å². The van der Waals surface area contributed by atoms with Gasteiger partial charge in [-0.3, -0.25) is 0 Å². The van der Waals surface area contributed by atoms with Gasteiger partial charge in [-0.05, 0) is 61.0 Å². The van der Waals surface area contributed by atoms with Gasteiger partial charge in [-0.25, -0.2) is 4.79 Å². The quantitative estimate of drug-likeness (QED) is 0.310. The summed E-state index contributed by atoms with van der Waals surface area (Å²) in [5.41, 5.74) is 1.84. The van der Waals surface area contributed by atoms with E-state index in [0.717, 1.165) is 28.6 Å². The molecule has 0 atom stereocenters. The minimum Gasteiger partial charge on any atom is -0.504 e. The van der Waals surface area contributed by atoms with E-state index >= 15 is 0 Å². The Kier molecular flexibility index (Phi) is 8.54. The number of aliphatic carboxylic acids is 1. The second kappa shape index (κ2) is 11.1. The Balaban J connectivity index is 0.000000423. The van der Waals surface area contributed by atoms with Crippen LogP contribution in [0, 0.1) is 11.8 Å². The Labute approximate surface area is 188 Å². The highest BCUT2D eigenvalue weighted by atomic mass is 35.5. The van der Waals surface area contributed by atoms with Crippen LogP contribution in [0.3, 0.4) is 0 Å². The number of benzene rings is 3. The van der Waals surface area contributed by atoms with Crippen molar-refractivity contribution in [1.82, 2.24) is 0 Å². The van der Waals surface area contributed by atoms with Crippen molar-refractivity contribution in [2.45, 2.75) is 19.4 Å². The van der Waals surface area contributed by atoms with Gasteiger partial charge in [0.15, 0.2) is 0 Å². The lowest BCUT2D eigenvalue weighted by Crippen LogP contribution is -2.39. The number of methoxy groups -OCH3 is 1. The van der Waals surface area contributed by atoms with E-state index in [4.69, 9.17) is 16.7 Å². The smallest absolute Gasteiger partial charge is 0.331 e. The van der Waals surface area contributed by atoms with Crippen molar-refractivity contribution in [2.24, 2.45) is 0 Å². The lowest BCUT2D eigenvalue weighted by molar-refractivity contribution is -0.131. The van der Waals surface area contributed by atoms with Gasteiger partial charge in [-0.2, -0.15) is 0 Å². The molecule has 5 heteroatoms. The average molecular weight is 436 g/mol. The predicted molar refractivity (Wildman–Crippen MR) is 129 cm³/mol. The molecule has 0 bridgehead atoms. The minimum absolute atomic E-state index is 0.292. The minimum atomic E-state index is -0.998. The topological polar surface area (TPSA) is 49.8 Å². The number of nitrogens with zero attached hydrogens (tertiary/aromatic N) is 1. The molecule has 3 aromatic carbocycles. The van der Waals surface area contributed by atoms with Gasteiger partial charge in [0.05, 0.1) is 25.0 Å². The standard InChI is InChI=1S/C22H20ClN.C4H6O3/c1-22(2,24(3)21-12-10-20(23)11-13-21)15-14-17-8-9-18-6-4-5-7-19(18)16-17;1-7-3-2-4(5)6/h4-13,16H,1-3H3;2-3H,1H3,(H,5,6). The molecule has 0 amide bonds. The number of ether oxygens (including phenoxy) is 1. The summed E-state index contributed by atoms with van der Waals surface area (Å²) in [6.45, 7) is 4.24. The van der Waals surface area contributed by atoms with E-state index in [2.05, 4.69) is 84.8 Å². The summed E-state index contributed by atoms with van der Waals surface area (Å²) >= 11 is 5.97. The first kappa shape index (κ1) is 23.9. The molecule has 1 N–H and O–H groups in total. The van der Waals surface area contributed by atoms with E-state index in [1.807, 2.05) is 24.3 Å². The van der Waals surface area contributed by atoms with Gasteiger partial charge in [0, 0.05) is 23.3 Å². The molecule has 0 unspecified atom stereocenters. The molecule has 0 aliphatic rings. The number of rotatable bonds is 4. The highest BCUT2D eigenvalue weighted by Gasteiger charge is 2.21. The zero-order valence-corrected chi connectivity index (χ0v) is 18.9. The second-order valence-electron chi connectivity index (χ2n) is 7.28. The molecule has 0 heterocycles. The van der Waals surface area contributed by atoms with E-state index in [1.165, 1.54) is 17.9 Å².